The minimum atomic E-state index is 0.166. The first kappa shape index (κ1) is 19.2. The molecule has 0 spiro atoms. The lowest BCUT2D eigenvalue weighted by Crippen LogP contribution is -1.97. The predicted octanol–water partition coefficient (Wildman–Crippen LogP) is 5.52. The summed E-state index contributed by atoms with van der Waals surface area (Å²) < 4.78 is 0. The molecule has 0 radical (unpaired) electrons. The summed E-state index contributed by atoms with van der Waals surface area (Å²) in [6.45, 7) is 0. The Morgan fingerprint density at radius 3 is 0.633 bits per heavy atom. The van der Waals surface area contributed by atoms with E-state index < -0.39 is 0 Å². The molecule has 4 N–H and O–H groups in total. The molecule has 0 saturated carbocycles. The molecule has 0 aliphatic rings. The maximum absolute atomic E-state index is 9.77. The number of aromatic hydroxyl groups is 4. The molecule has 4 nitrogen and oxygen atoms in total. The minimum Gasteiger partial charge on any atom is -0.508 e. The van der Waals surface area contributed by atoms with Crippen LogP contribution in [0.25, 0.3) is 11.1 Å². The van der Waals surface area contributed by atoms with Gasteiger partial charge >= 0.3 is 0 Å². The molecule has 0 aliphatic heterocycles. The number of hydrogen-bond acceptors (Lipinski definition) is 4. The second kappa shape index (κ2) is 8.05. The standard InChI is InChI=1S/C26H20O4/c27-21-9-1-17(2-10-21)25(18-3-11-22(28)12-4-18)26(19-5-13-23(29)14-6-19)20-7-15-24(30)16-8-20/h1-16,27-30H. The zero-order valence-electron chi connectivity index (χ0n) is 16.0. The normalized spacial score (nSPS) is 10.5. The lowest BCUT2D eigenvalue weighted by atomic mass is 9.85. The van der Waals surface area contributed by atoms with Crippen molar-refractivity contribution in [1.82, 2.24) is 0 Å². The third-order valence-corrected chi connectivity index (χ3v) is 4.87. The molecule has 0 aliphatic carbocycles. The second-order valence-corrected chi connectivity index (χ2v) is 6.94. The van der Waals surface area contributed by atoms with Crippen molar-refractivity contribution >= 4 is 11.1 Å². The molecule has 0 saturated heterocycles. The maximum Gasteiger partial charge on any atom is 0.115 e. The van der Waals surface area contributed by atoms with E-state index in [2.05, 4.69) is 0 Å². The van der Waals surface area contributed by atoms with Gasteiger partial charge in [0, 0.05) is 0 Å². The topological polar surface area (TPSA) is 80.9 Å². The molecular formula is C26H20O4. The number of rotatable bonds is 4. The fourth-order valence-electron chi connectivity index (χ4n) is 3.42. The summed E-state index contributed by atoms with van der Waals surface area (Å²) >= 11 is 0. The van der Waals surface area contributed by atoms with Gasteiger partial charge in [0.05, 0.1) is 0 Å². The van der Waals surface area contributed by atoms with Crippen LogP contribution >= 0.6 is 0 Å². The van der Waals surface area contributed by atoms with Gasteiger partial charge in [-0.3, -0.25) is 0 Å². The highest BCUT2D eigenvalue weighted by atomic mass is 16.3. The van der Waals surface area contributed by atoms with E-state index in [4.69, 9.17) is 0 Å². The number of benzene rings is 4. The second-order valence-electron chi connectivity index (χ2n) is 6.94. The largest absolute Gasteiger partial charge is 0.508 e. The highest BCUT2D eigenvalue weighted by Crippen LogP contribution is 2.38. The summed E-state index contributed by atoms with van der Waals surface area (Å²) in [5.41, 5.74) is 5.24. The molecule has 4 aromatic rings. The Morgan fingerprint density at radius 1 is 0.300 bits per heavy atom. The minimum absolute atomic E-state index is 0.166. The molecule has 0 bridgehead atoms. The van der Waals surface area contributed by atoms with Crippen molar-refractivity contribution in [3.05, 3.63) is 119 Å². The molecule has 148 valence electrons. The Hall–Kier alpha value is -4.18. The summed E-state index contributed by atoms with van der Waals surface area (Å²) in [5.74, 6) is 0.665. The molecule has 0 aromatic heterocycles. The van der Waals surface area contributed by atoms with Crippen LogP contribution in [0.5, 0.6) is 23.0 Å². The van der Waals surface area contributed by atoms with Crippen molar-refractivity contribution in [2.75, 3.05) is 0 Å². The van der Waals surface area contributed by atoms with Crippen LogP contribution in [0.15, 0.2) is 97.1 Å². The Balaban J connectivity index is 2.08. The SMILES string of the molecule is Oc1ccc(C(=C(c2ccc(O)cc2)c2ccc(O)cc2)c2ccc(O)cc2)cc1. The zero-order valence-corrected chi connectivity index (χ0v) is 16.0. The molecule has 0 amide bonds. The lowest BCUT2D eigenvalue weighted by Gasteiger charge is -2.18. The molecule has 4 rings (SSSR count). The van der Waals surface area contributed by atoms with Crippen LogP contribution in [0.2, 0.25) is 0 Å². The van der Waals surface area contributed by atoms with Gasteiger partial charge in [-0.2, -0.15) is 0 Å². The highest BCUT2D eigenvalue weighted by Gasteiger charge is 2.16. The fraction of sp³-hybridized carbons (Fsp3) is 0. The third-order valence-electron chi connectivity index (χ3n) is 4.87. The Labute approximate surface area is 174 Å². The van der Waals surface area contributed by atoms with Crippen molar-refractivity contribution in [1.29, 1.82) is 0 Å². The Bertz CT molecular complexity index is 980. The van der Waals surface area contributed by atoms with Gasteiger partial charge in [0.1, 0.15) is 23.0 Å². The van der Waals surface area contributed by atoms with Gasteiger partial charge in [-0.1, -0.05) is 48.5 Å². The van der Waals surface area contributed by atoms with Crippen molar-refractivity contribution in [3.8, 4) is 23.0 Å². The van der Waals surface area contributed by atoms with Gasteiger partial charge in [0.2, 0.25) is 0 Å². The highest BCUT2D eigenvalue weighted by molar-refractivity contribution is 6.04. The monoisotopic (exact) mass is 396 g/mol. The van der Waals surface area contributed by atoms with E-state index in [9.17, 15) is 20.4 Å². The molecule has 0 atom stereocenters. The summed E-state index contributed by atoms with van der Waals surface area (Å²) in [5, 5.41) is 39.1. The summed E-state index contributed by atoms with van der Waals surface area (Å²) in [4.78, 5) is 0. The van der Waals surface area contributed by atoms with Crippen molar-refractivity contribution < 1.29 is 20.4 Å². The predicted molar refractivity (Wildman–Crippen MR) is 117 cm³/mol. The molecular weight excluding hydrogens is 376 g/mol. The average Bonchev–Trinajstić information content (AvgIpc) is 2.75. The Kier molecular flexibility index (Phi) is 5.14. The maximum atomic E-state index is 9.77. The third kappa shape index (κ3) is 3.98. The van der Waals surface area contributed by atoms with Gasteiger partial charge in [0.25, 0.3) is 0 Å². The quantitative estimate of drug-likeness (QED) is 0.343. The molecule has 0 fully saturated rings. The van der Waals surface area contributed by atoms with Gasteiger partial charge in [-0.15, -0.1) is 0 Å². The van der Waals surface area contributed by atoms with E-state index in [0.717, 1.165) is 33.4 Å². The van der Waals surface area contributed by atoms with Crippen LogP contribution in [0.3, 0.4) is 0 Å². The van der Waals surface area contributed by atoms with E-state index in [0.29, 0.717) is 0 Å². The van der Waals surface area contributed by atoms with E-state index in [1.165, 1.54) is 0 Å². The Morgan fingerprint density at radius 2 is 0.467 bits per heavy atom. The first-order chi connectivity index (χ1) is 14.5. The van der Waals surface area contributed by atoms with E-state index in [-0.39, 0.29) is 23.0 Å². The number of hydrogen-bond donors (Lipinski definition) is 4. The molecule has 0 unspecified atom stereocenters. The first-order valence-electron chi connectivity index (χ1n) is 9.43. The number of phenolic OH excluding ortho intramolecular Hbond substituents is 4. The smallest absolute Gasteiger partial charge is 0.115 e. The van der Waals surface area contributed by atoms with Crippen molar-refractivity contribution in [2.24, 2.45) is 0 Å². The van der Waals surface area contributed by atoms with E-state index in [1.54, 1.807) is 48.5 Å². The van der Waals surface area contributed by atoms with Gasteiger partial charge < -0.3 is 20.4 Å². The van der Waals surface area contributed by atoms with Crippen LogP contribution in [-0.4, -0.2) is 20.4 Å². The van der Waals surface area contributed by atoms with Crippen LogP contribution in [0.4, 0.5) is 0 Å². The summed E-state index contributed by atoms with van der Waals surface area (Å²) in [6.07, 6.45) is 0. The van der Waals surface area contributed by atoms with E-state index >= 15 is 0 Å². The number of phenols is 4. The first-order valence-corrected chi connectivity index (χ1v) is 9.43. The van der Waals surface area contributed by atoms with E-state index in [1.807, 2.05) is 48.5 Å². The molecule has 0 heterocycles. The van der Waals surface area contributed by atoms with Crippen LogP contribution in [0, 0.1) is 0 Å². The zero-order chi connectivity index (χ0) is 21.1. The lowest BCUT2D eigenvalue weighted by molar-refractivity contribution is 0.474. The average molecular weight is 396 g/mol. The van der Waals surface area contributed by atoms with Crippen molar-refractivity contribution in [3.63, 3.8) is 0 Å². The van der Waals surface area contributed by atoms with Crippen LogP contribution in [-0.2, 0) is 0 Å². The van der Waals surface area contributed by atoms with Crippen LogP contribution < -0.4 is 0 Å². The fourth-order valence-corrected chi connectivity index (χ4v) is 3.42. The molecule has 4 heteroatoms. The van der Waals surface area contributed by atoms with Crippen LogP contribution in [0.1, 0.15) is 22.3 Å². The van der Waals surface area contributed by atoms with Gasteiger partial charge in [-0.25, -0.2) is 0 Å². The van der Waals surface area contributed by atoms with Crippen molar-refractivity contribution in [2.45, 2.75) is 0 Å². The summed E-state index contributed by atoms with van der Waals surface area (Å²) in [6, 6.07) is 27.7. The molecule has 4 aromatic carbocycles. The van der Waals surface area contributed by atoms with Gasteiger partial charge in [-0.05, 0) is 81.9 Å². The molecule has 30 heavy (non-hydrogen) atoms. The van der Waals surface area contributed by atoms with Gasteiger partial charge in [0.15, 0.2) is 0 Å². The summed E-state index contributed by atoms with van der Waals surface area (Å²) in [7, 11) is 0.